The van der Waals surface area contributed by atoms with Gasteiger partial charge in [-0.1, -0.05) is 66.7 Å². The Bertz CT molecular complexity index is 1510. The number of benzene rings is 3. The molecule has 1 fully saturated rings. The van der Waals surface area contributed by atoms with Crippen LogP contribution in [0.2, 0.25) is 0 Å². The molecule has 1 aliphatic carbocycles. The third kappa shape index (κ3) is 6.92. The Morgan fingerprint density at radius 2 is 1.79 bits per heavy atom. The Balaban J connectivity index is 1.46. The van der Waals surface area contributed by atoms with Crippen molar-refractivity contribution in [2.24, 2.45) is 5.16 Å². The minimum atomic E-state index is 0.147. The number of nitrogens with zero attached hydrogens (tertiary/aromatic N) is 3. The molecule has 0 amide bonds. The van der Waals surface area contributed by atoms with Gasteiger partial charge in [0, 0.05) is 29.3 Å². The molecule has 0 aromatic heterocycles. The molecule has 1 aliphatic heterocycles. The SMILES string of the molecule is C=C(C#N)/C=C(\C=N\O)COc1cc(OCc2cccc(-c3ccccc3)c2C)c2c(c1CN1CCCCC1)CCC2. The Labute approximate surface area is 249 Å². The van der Waals surface area contributed by atoms with Crippen LogP contribution in [0.4, 0.5) is 0 Å². The van der Waals surface area contributed by atoms with Gasteiger partial charge in [0.2, 0.25) is 0 Å². The monoisotopic (exact) mass is 561 g/mol. The number of oxime groups is 1. The summed E-state index contributed by atoms with van der Waals surface area (Å²) in [5, 5.41) is 21.6. The molecule has 2 aliphatic rings. The molecule has 0 atom stereocenters. The summed E-state index contributed by atoms with van der Waals surface area (Å²) in [6, 6.07) is 20.9. The van der Waals surface area contributed by atoms with Crippen molar-refractivity contribution in [1.29, 1.82) is 5.26 Å². The van der Waals surface area contributed by atoms with Gasteiger partial charge in [0.05, 0.1) is 12.3 Å². The van der Waals surface area contributed by atoms with Gasteiger partial charge in [-0.25, -0.2) is 0 Å². The summed E-state index contributed by atoms with van der Waals surface area (Å²) in [5.74, 6) is 1.65. The molecule has 1 heterocycles. The smallest absolute Gasteiger partial charge is 0.128 e. The molecule has 3 aromatic rings. The molecule has 0 spiro atoms. The Morgan fingerprint density at radius 1 is 1.00 bits per heavy atom. The largest absolute Gasteiger partial charge is 0.488 e. The summed E-state index contributed by atoms with van der Waals surface area (Å²) >= 11 is 0. The highest BCUT2D eigenvalue weighted by molar-refractivity contribution is 5.79. The second kappa shape index (κ2) is 14.0. The molecule has 5 rings (SSSR count). The van der Waals surface area contributed by atoms with E-state index >= 15 is 0 Å². The molecule has 0 unspecified atom stereocenters. The van der Waals surface area contributed by atoms with Gasteiger partial charge in [0.25, 0.3) is 0 Å². The van der Waals surface area contributed by atoms with Crippen LogP contribution in [0.25, 0.3) is 11.1 Å². The second-order valence-electron chi connectivity index (χ2n) is 11.1. The molecule has 3 aromatic carbocycles. The van der Waals surface area contributed by atoms with Crippen LogP contribution in [-0.4, -0.2) is 36.0 Å². The molecule has 0 saturated carbocycles. The third-order valence-electron chi connectivity index (χ3n) is 8.30. The zero-order valence-corrected chi connectivity index (χ0v) is 24.4. The number of hydrogen-bond donors (Lipinski definition) is 1. The van der Waals surface area contributed by atoms with Crippen molar-refractivity contribution in [3.63, 3.8) is 0 Å². The summed E-state index contributed by atoms with van der Waals surface area (Å²) in [4.78, 5) is 2.52. The van der Waals surface area contributed by atoms with E-state index in [0.29, 0.717) is 12.2 Å². The lowest BCUT2D eigenvalue weighted by molar-refractivity contribution is 0.216. The van der Waals surface area contributed by atoms with Gasteiger partial charge in [-0.3, -0.25) is 4.90 Å². The maximum Gasteiger partial charge on any atom is 0.128 e. The first-order valence-electron chi connectivity index (χ1n) is 14.8. The summed E-state index contributed by atoms with van der Waals surface area (Å²) in [6.07, 6.45) is 9.68. The molecule has 1 N–H and O–H groups in total. The molecule has 42 heavy (non-hydrogen) atoms. The summed E-state index contributed by atoms with van der Waals surface area (Å²) in [7, 11) is 0. The van der Waals surface area contributed by atoms with E-state index < -0.39 is 0 Å². The summed E-state index contributed by atoms with van der Waals surface area (Å²) in [5.41, 5.74) is 9.46. The van der Waals surface area contributed by atoms with Crippen molar-refractivity contribution in [2.75, 3.05) is 19.7 Å². The van der Waals surface area contributed by atoms with Gasteiger partial charge in [-0.15, -0.1) is 0 Å². The van der Waals surface area contributed by atoms with Crippen LogP contribution in [0, 0.1) is 18.3 Å². The number of hydrogen-bond acceptors (Lipinski definition) is 6. The van der Waals surface area contributed by atoms with Crippen molar-refractivity contribution in [2.45, 2.75) is 58.6 Å². The van der Waals surface area contributed by atoms with E-state index in [1.165, 1.54) is 58.9 Å². The number of nitriles is 1. The fraction of sp³-hybridized carbons (Fsp3) is 0.333. The highest BCUT2D eigenvalue weighted by Crippen LogP contribution is 2.41. The van der Waals surface area contributed by atoms with Crippen molar-refractivity contribution >= 4 is 6.21 Å². The van der Waals surface area contributed by atoms with Gasteiger partial charge < -0.3 is 14.7 Å². The van der Waals surface area contributed by atoms with Gasteiger partial charge in [0.15, 0.2) is 0 Å². The van der Waals surface area contributed by atoms with Crippen LogP contribution in [0.5, 0.6) is 11.5 Å². The number of rotatable bonds is 11. The van der Waals surface area contributed by atoms with Crippen LogP contribution < -0.4 is 9.47 Å². The number of fused-ring (bicyclic) bond motifs is 1. The lowest BCUT2D eigenvalue weighted by Gasteiger charge is -2.29. The van der Waals surface area contributed by atoms with Gasteiger partial charge in [-0.2, -0.15) is 5.26 Å². The van der Waals surface area contributed by atoms with E-state index in [1.807, 2.05) is 18.2 Å². The van der Waals surface area contributed by atoms with E-state index in [2.05, 4.69) is 66.0 Å². The third-order valence-corrected chi connectivity index (χ3v) is 8.30. The van der Waals surface area contributed by atoms with Crippen LogP contribution in [0.3, 0.4) is 0 Å². The fourth-order valence-electron chi connectivity index (χ4n) is 6.10. The van der Waals surface area contributed by atoms with Crippen LogP contribution in [0.1, 0.15) is 53.5 Å². The van der Waals surface area contributed by atoms with Crippen molar-refractivity contribution in [3.05, 3.63) is 106 Å². The topological polar surface area (TPSA) is 78.1 Å². The highest BCUT2D eigenvalue weighted by Gasteiger charge is 2.26. The van der Waals surface area contributed by atoms with E-state index in [9.17, 15) is 10.5 Å². The van der Waals surface area contributed by atoms with Crippen molar-refractivity contribution in [3.8, 4) is 28.7 Å². The van der Waals surface area contributed by atoms with E-state index in [0.717, 1.165) is 56.0 Å². The molecule has 6 nitrogen and oxygen atoms in total. The van der Waals surface area contributed by atoms with Gasteiger partial charge >= 0.3 is 0 Å². The maximum atomic E-state index is 9.20. The average Bonchev–Trinajstić information content (AvgIpc) is 3.52. The normalized spacial score (nSPS) is 15.4. The van der Waals surface area contributed by atoms with Crippen molar-refractivity contribution in [1.82, 2.24) is 4.90 Å². The predicted molar refractivity (Wildman–Crippen MR) is 167 cm³/mol. The molecule has 6 heteroatoms. The molecule has 0 bridgehead atoms. The lowest BCUT2D eigenvalue weighted by atomic mass is 9.96. The molecule has 0 radical (unpaired) electrons. The lowest BCUT2D eigenvalue weighted by Crippen LogP contribution is -2.29. The number of likely N-dealkylation sites (tertiary alicyclic amines) is 1. The standard InChI is InChI=1S/C36H39N3O3/c1-26(21-37)19-28(22-38-40)24-41-36-20-35(33-16-10-15-32(33)34(36)23-39-17-7-4-8-18-39)42-25-30-13-9-14-31(27(30)2)29-11-5-3-6-12-29/h3,5-6,9,11-14,19-20,22,40H,1,4,7-8,10,15-18,23-25H2,2H3/b28-19+,38-22+. The number of ether oxygens (including phenoxy) is 2. The summed E-state index contributed by atoms with van der Waals surface area (Å²) in [6.45, 7) is 9.53. The van der Waals surface area contributed by atoms with Crippen LogP contribution >= 0.6 is 0 Å². The fourth-order valence-corrected chi connectivity index (χ4v) is 6.10. The minimum absolute atomic E-state index is 0.147. The average molecular weight is 562 g/mol. The van der Waals surface area contributed by atoms with E-state index in [4.69, 9.17) is 9.47 Å². The summed E-state index contributed by atoms with van der Waals surface area (Å²) < 4.78 is 13.0. The van der Waals surface area contributed by atoms with E-state index in [-0.39, 0.29) is 12.2 Å². The highest BCUT2D eigenvalue weighted by atomic mass is 16.5. The Kier molecular flexibility index (Phi) is 9.74. The first-order valence-corrected chi connectivity index (χ1v) is 14.8. The minimum Gasteiger partial charge on any atom is -0.488 e. The first-order chi connectivity index (χ1) is 20.6. The zero-order chi connectivity index (χ0) is 29.3. The molecular weight excluding hydrogens is 522 g/mol. The molecular formula is C36H39N3O3. The van der Waals surface area contributed by atoms with Crippen molar-refractivity contribution < 1.29 is 14.7 Å². The number of allylic oxidation sites excluding steroid dienone is 2. The van der Waals surface area contributed by atoms with Crippen LogP contribution in [0.15, 0.2) is 83.6 Å². The van der Waals surface area contributed by atoms with Gasteiger partial charge in [0.1, 0.15) is 24.7 Å². The molecule has 1 saturated heterocycles. The second-order valence-corrected chi connectivity index (χ2v) is 11.1. The van der Waals surface area contributed by atoms with Gasteiger partial charge in [-0.05, 0) is 91.6 Å². The maximum absolute atomic E-state index is 9.20. The quantitative estimate of drug-likeness (QED) is 0.0859. The van der Waals surface area contributed by atoms with Crippen LogP contribution in [-0.2, 0) is 26.0 Å². The Hall–Kier alpha value is -4.34. The zero-order valence-electron chi connectivity index (χ0n) is 24.4. The predicted octanol–water partition coefficient (Wildman–Crippen LogP) is 7.56. The Morgan fingerprint density at radius 3 is 2.55 bits per heavy atom. The first kappa shape index (κ1) is 29.2. The van der Waals surface area contributed by atoms with E-state index in [1.54, 1.807) is 6.08 Å². The molecule has 216 valence electrons. The number of piperidine rings is 1.